The van der Waals surface area contributed by atoms with Crippen LogP contribution in [-0.2, 0) is 31.7 Å². The Morgan fingerprint density at radius 3 is 1.55 bits per heavy atom. The van der Waals surface area contributed by atoms with E-state index in [1.807, 2.05) is 60.7 Å². The molecule has 2 rings (SSSR count). The lowest BCUT2D eigenvalue weighted by Gasteiger charge is -2.48. The molecule has 0 radical (unpaired) electrons. The molecule has 0 unspecified atom stereocenters. The van der Waals surface area contributed by atoms with Gasteiger partial charge in [0.1, 0.15) is 12.1 Å². The van der Waals surface area contributed by atoms with Crippen molar-refractivity contribution in [3.8, 4) is 0 Å². The molecule has 0 aliphatic heterocycles. The molecular formula is C30H45N3O4Si. The van der Waals surface area contributed by atoms with Crippen LogP contribution >= 0.6 is 0 Å². The molecular weight excluding hydrogens is 494 g/mol. The number of benzene rings is 2. The van der Waals surface area contributed by atoms with Crippen molar-refractivity contribution in [3.63, 3.8) is 0 Å². The van der Waals surface area contributed by atoms with Crippen LogP contribution in [0.5, 0.6) is 0 Å². The van der Waals surface area contributed by atoms with E-state index in [0.29, 0.717) is 0 Å². The van der Waals surface area contributed by atoms with Crippen molar-refractivity contribution < 1.29 is 18.8 Å². The zero-order valence-electron chi connectivity index (χ0n) is 24.1. The molecule has 0 fully saturated rings. The maximum absolute atomic E-state index is 13.8. The van der Waals surface area contributed by atoms with Crippen LogP contribution in [0.3, 0.4) is 0 Å². The van der Waals surface area contributed by atoms with Gasteiger partial charge in [-0.15, -0.1) is 0 Å². The molecule has 0 saturated carbocycles. The molecule has 0 aromatic heterocycles. The molecule has 0 bridgehead atoms. The maximum Gasteiger partial charge on any atom is 0.315 e. The minimum atomic E-state index is -2.66. The molecule has 7 nitrogen and oxygen atoms in total. The van der Waals surface area contributed by atoms with Crippen molar-refractivity contribution in [2.24, 2.45) is 5.73 Å². The van der Waals surface area contributed by atoms with Crippen LogP contribution in [0.2, 0.25) is 16.6 Å². The van der Waals surface area contributed by atoms with Crippen molar-refractivity contribution >= 4 is 26.1 Å². The second-order valence-electron chi connectivity index (χ2n) is 12.2. The summed E-state index contributed by atoms with van der Waals surface area (Å²) in [7, 11) is -2.66. The summed E-state index contributed by atoms with van der Waals surface area (Å²) in [4.78, 5) is 39.9. The highest BCUT2D eigenvalue weighted by molar-refractivity contribution is 6.79. The molecule has 2 amide bonds. The number of rotatable bonds is 10. The minimum absolute atomic E-state index is 0.233. The lowest BCUT2D eigenvalue weighted by atomic mass is 10.0. The number of carbonyl (C=O) groups is 3. The predicted molar refractivity (Wildman–Crippen MR) is 155 cm³/mol. The fourth-order valence-electron chi connectivity index (χ4n) is 4.38. The topological polar surface area (TPSA) is 111 Å². The lowest BCUT2D eigenvalue weighted by Crippen LogP contribution is -2.58. The summed E-state index contributed by atoms with van der Waals surface area (Å²) in [6.45, 7) is 16.2. The molecule has 38 heavy (non-hydrogen) atoms. The molecule has 0 saturated heterocycles. The highest BCUT2D eigenvalue weighted by Crippen LogP contribution is 2.51. The van der Waals surface area contributed by atoms with Crippen LogP contribution in [-0.4, -0.2) is 44.2 Å². The molecule has 4 N–H and O–H groups in total. The molecule has 3 atom stereocenters. The van der Waals surface area contributed by atoms with Gasteiger partial charge in [0.05, 0.1) is 6.04 Å². The largest absolute Gasteiger partial charge is 0.517 e. The van der Waals surface area contributed by atoms with Gasteiger partial charge in [0, 0.05) is 12.8 Å². The Morgan fingerprint density at radius 2 is 1.16 bits per heavy atom. The molecule has 0 heterocycles. The second-order valence-corrected chi connectivity index (χ2v) is 17.5. The van der Waals surface area contributed by atoms with E-state index in [0.717, 1.165) is 11.1 Å². The smallest absolute Gasteiger partial charge is 0.315 e. The Kier molecular flexibility index (Phi) is 10.5. The average Bonchev–Trinajstić information content (AvgIpc) is 2.82. The van der Waals surface area contributed by atoms with Crippen molar-refractivity contribution in [1.82, 2.24) is 10.6 Å². The van der Waals surface area contributed by atoms with E-state index in [4.69, 9.17) is 10.2 Å². The van der Waals surface area contributed by atoms with Crippen LogP contribution in [0.15, 0.2) is 60.7 Å². The van der Waals surface area contributed by atoms with Crippen LogP contribution in [0.4, 0.5) is 0 Å². The van der Waals surface area contributed by atoms with Crippen LogP contribution in [0.25, 0.3) is 0 Å². The van der Waals surface area contributed by atoms with E-state index in [1.54, 1.807) is 6.92 Å². The monoisotopic (exact) mass is 539 g/mol. The molecule has 0 aliphatic rings. The Morgan fingerprint density at radius 1 is 0.763 bits per heavy atom. The quantitative estimate of drug-likeness (QED) is 0.385. The number of hydrogen-bond acceptors (Lipinski definition) is 5. The molecule has 0 spiro atoms. The van der Waals surface area contributed by atoms with Gasteiger partial charge >= 0.3 is 5.97 Å². The Balaban J connectivity index is 2.39. The standard InChI is InChI=1S/C30H45N3O4Si/c1-21(31)26(34)32-24(19-22-15-11-9-12-16-22)27(35)33-25(20-23-17-13-10-14-18-23)28(36)37-38(8,29(2,3)4)30(5,6)7/h9-18,21,24-25H,19-20,31H2,1-8H3,(H,32,34)(H,33,35)/t21-,24-,25-/m0/s1. The molecule has 8 heteroatoms. The van der Waals surface area contributed by atoms with E-state index in [1.165, 1.54) is 0 Å². The first-order valence-electron chi connectivity index (χ1n) is 13.2. The molecule has 0 aliphatic carbocycles. The van der Waals surface area contributed by atoms with E-state index < -0.39 is 44.2 Å². The van der Waals surface area contributed by atoms with Gasteiger partial charge in [-0.25, -0.2) is 0 Å². The summed E-state index contributed by atoms with van der Waals surface area (Å²) in [6, 6.07) is 16.3. The third-order valence-electron chi connectivity index (χ3n) is 7.38. The van der Waals surface area contributed by atoms with Crippen molar-refractivity contribution in [3.05, 3.63) is 71.8 Å². The number of amides is 2. The summed E-state index contributed by atoms with van der Waals surface area (Å²) in [5.41, 5.74) is 7.53. The van der Waals surface area contributed by atoms with Gasteiger partial charge in [0.2, 0.25) is 11.8 Å². The highest BCUT2D eigenvalue weighted by atomic mass is 28.4. The molecule has 2 aromatic rings. The molecule has 208 valence electrons. The second kappa shape index (κ2) is 12.7. The number of nitrogens with one attached hydrogen (secondary N) is 2. The van der Waals surface area contributed by atoms with Gasteiger partial charge in [-0.3, -0.25) is 14.4 Å². The summed E-state index contributed by atoms with van der Waals surface area (Å²) in [5.74, 6) is -1.36. The van der Waals surface area contributed by atoms with Gasteiger partial charge in [-0.1, -0.05) is 102 Å². The van der Waals surface area contributed by atoms with Crippen LogP contribution < -0.4 is 16.4 Å². The minimum Gasteiger partial charge on any atom is -0.517 e. The fraction of sp³-hybridized carbons (Fsp3) is 0.500. The Labute approximate surface area is 229 Å². The van der Waals surface area contributed by atoms with Crippen molar-refractivity contribution in [2.45, 2.75) is 96.1 Å². The third kappa shape index (κ3) is 8.26. The third-order valence-corrected chi connectivity index (χ3v) is 13.7. The van der Waals surface area contributed by atoms with Crippen LogP contribution in [0, 0.1) is 0 Å². The normalized spacial score (nSPS) is 14.7. The van der Waals surface area contributed by atoms with E-state index >= 15 is 0 Å². The highest BCUT2D eigenvalue weighted by Gasteiger charge is 2.54. The Bertz CT molecular complexity index is 1060. The fourth-order valence-corrected chi connectivity index (χ4v) is 7.79. The summed E-state index contributed by atoms with van der Waals surface area (Å²) < 4.78 is 6.40. The molecule has 2 aromatic carbocycles. The predicted octanol–water partition coefficient (Wildman–Crippen LogP) is 4.51. The van der Waals surface area contributed by atoms with E-state index in [2.05, 4.69) is 58.7 Å². The summed E-state index contributed by atoms with van der Waals surface area (Å²) in [5, 5.41) is 5.19. The number of nitrogens with two attached hydrogens (primary N) is 1. The summed E-state index contributed by atoms with van der Waals surface area (Å²) in [6.07, 6.45) is 0.526. The maximum atomic E-state index is 13.8. The van der Waals surface area contributed by atoms with Gasteiger partial charge in [0.15, 0.2) is 0 Å². The average molecular weight is 540 g/mol. The zero-order chi connectivity index (χ0) is 28.7. The summed E-state index contributed by atoms with van der Waals surface area (Å²) >= 11 is 0. The first kappa shape index (κ1) is 31.2. The van der Waals surface area contributed by atoms with Crippen LogP contribution in [0.1, 0.15) is 59.6 Å². The van der Waals surface area contributed by atoms with Gasteiger partial charge in [-0.2, -0.15) is 0 Å². The lowest BCUT2D eigenvalue weighted by molar-refractivity contribution is -0.141. The number of carbonyl (C=O) groups excluding carboxylic acids is 3. The van der Waals surface area contributed by atoms with Gasteiger partial charge < -0.3 is 20.8 Å². The number of hydrogen-bond donors (Lipinski definition) is 3. The van der Waals surface area contributed by atoms with E-state index in [9.17, 15) is 14.4 Å². The first-order chi connectivity index (χ1) is 17.5. The zero-order valence-corrected chi connectivity index (χ0v) is 25.1. The van der Waals surface area contributed by atoms with Gasteiger partial charge in [-0.05, 0) is 34.7 Å². The van der Waals surface area contributed by atoms with Crippen molar-refractivity contribution in [1.29, 1.82) is 0 Å². The Hall–Kier alpha value is -2.97. The van der Waals surface area contributed by atoms with Crippen molar-refractivity contribution in [2.75, 3.05) is 0 Å². The SMILES string of the molecule is C[C@H](N)C(=O)N[C@@H](Cc1ccccc1)C(=O)N[C@@H](Cc1ccccc1)C(=O)O[Si](C)(C(C)(C)C)C(C)(C)C. The van der Waals surface area contributed by atoms with E-state index in [-0.39, 0.29) is 22.9 Å². The van der Waals surface area contributed by atoms with Gasteiger partial charge in [0.25, 0.3) is 8.32 Å². The first-order valence-corrected chi connectivity index (χ1v) is 15.6.